The van der Waals surface area contributed by atoms with Gasteiger partial charge in [0, 0.05) is 13.3 Å². The number of amides is 1. The quantitative estimate of drug-likeness (QED) is 0.168. The molecular weight excluding hydrogens is 498 g/mol. The molecule has 2 aromatic rings. The van der Waals surface area contributed by atoms with Crippen molar-refractivity contribution in [3.63, 3.8) is 0 Å². The van der Waals surface area contributed by atoms with Crippen LogP contribution in [0.25, 0.3) is 5.52 Å². The van der Waals surface area contributed by atoms with Crippen molar-refractivity contribution in [2.75, 3.05) is 32.4 Å². The number of carbonyl (C=O) groups excluding carboxylic acids is 2. The zero-order valence-corrected chi connectivity index (χ0v) is 22.4. The summed E-state index contributed by atoms with van der Waals surface area (Å²) in [5.74, 6) is -0.283. The summed E-state index contributed by atoms with van der Waals surface area (Å²) in [6.07, 6.45) is 1.30. The number of esters is 1. The van der Waals surface area contributed by atoms with Crippen LogP contribution in [0.15, 0.2) is 23.5 Å². The molecule has 1 saturated heterocycles. The Bertz CT molecular complexity index is 1130. The van der Waals surface area contributed by atoms with Crippen molar-refractivity contribution in [2.24, 2.45) is 10.4 Å². The monoisotopic (exact) mass is 535 g/mol. The lowest BCUT2D eigenvalue weighted by molar-refractivity contribution is -0.177. The third-order valence-corrected chi connectivity index (χ3v) is 6.08. The van der Waals surface area contributed by atoms with Gasteiger partial charge in [0.15, 0.2) is 18.2 Å². The summed E-state index contributed by atoms with van der Waals surface area (Å²) in [4.78, 5) is 32.6. The van der Waals surface area contributed by atoms with Gasteiger partial charge in [0.2, 0.25) is 0 Å². The topological polar surface area (TPSA) is 166 Å². The first-order valence-electron chi connectivity index (χ1n) is 12.5. The number of hydrogen-bond donors (Lipinski definition) is 3. The Morgan fingerprint density at radius 3 is 2.71 bits per heavy atom. The van der Waals surface area contributed by atoms with Crippen molar-refractivity contribution in [1.29, 1.82) is 0 Å². The number of aliphatic hydroxyl groups excluding tert-OH is 2. The van der Waals surface area contributed by atoms with Crippen LogP contribution in [0.4, 0.5) is 10.6 Å². The number of carbonyl (C=O) groups is 2. The molecule has 3 N–H and O–H groups in total. The summed E-state index contributed by atoms with van der Waals surface area (Å²) in [5, 5.41) is 28.3. The van der Waals surface area contributed by atoms with Gasteiger partial charge in [-0.25, -0.2) is 14.3 Å². The highest BCUT2D eigenvalue weighted by Gasteiger charge is 2.57. The molecule has 1 fully saturated rings. The molecule has 1 aliphatic heterocycles. The Kier molecular flexibility index (Phi) is 9.77. The molecule has 0 aromatic carbocycles. The molecule has 3 heterocycles. The van der Waals surface area contributed by atoms with Gasteiger partial charge in [0.05, 0.1) is 24.3 Å². The van der Waals surface area contributed by atoms with E-state index in [0.717, 1.165) is 19.3 Å². The molecule has 0 aliphatic carbocycles. The first-order chi connectivity index (χ1) is 18.1. The zero-order valence-electron chi connectivity index (χ0n) is 22.4. The average molecular weight is 536 g/mol. The molecule has 0 radical (unpaired) electrons. The van der Waals surface area contributed by atoms with Gasteiger partial charge in [0.1, 0.15) is 30.2 Å². The van der Waals surface area contributed by atoms with E-state index in [2.05, 4.69) is 27.3 Å². The molecule has 2 aromatic heterocycles. The lowest BCUT2D eigenvalue weighted by atomic mass is 9.92. The van der Waals surface area contributed by atoms with E-state index in [0.29, 0.717) is 17.8 Å². The van der Waals surface area contributed by atoms with Crippen LogP contribution in [-0.2, 0) is 29.3 Å². The van der Waals surface area contributed by atoms with E-state index in [1.165, 1.54) is 24.1 Å². The van der Waals surface area contributed by atoms with Crippen molar-refractivity contribution in [1.82, 2.24) is 14.6 Å². The highest BCUT2D eigenvalue weighted by atomic mass is 16.7. The Morgan fingerprint density at radius 2 is 2.05 bits per heavy atom. The molecule has 0 bridgehead atoms. The minimum absolute atomic E-state index is 0.198. The smallest absolute Gasteiger partial charge is 0.412 e. The number of nitrogens with one attached hydrogen (secondary N) is 1. The summed E-state index contributed by atoms with van der Waals surface area (Å²) in [5.41, 5.74) is -1.55. The molecule has 13 nitrogen and oxygen atoms in total. The standard InChI is InChI=1S/C25H37N5O8/c1-6-7-8-11-35-23(34)29-21-16-9-10-18(30(16)28-14-27-21)25(13-26-5)20(32)19(17(12-31)38-25)36-15-37-22(33)24(2,3)4/h9-10,13-14,17,19-20,31-32H,6-8,11-12,15H2,1-5H3,(H,27,28,29,34)/t17-,19-,20-,25+/m1/s1. The van der Waals surface area contributed by atoms with E-state index in [4.69, 9.17) is 18.9 Å². The Labute approximate surface area is 221 Å². The second-order valence-corrected chi connectivity index (χ2v) is 9.99. The fourth-order valence-corrected chi connectivity index (χ4v) is 4.11. The number of rotatable bonds is 11. The summed E-state index contributed by atoms with van der Waals surface area (Å²) in [7, 11) is 1.51. The fraction of sp³-hybridized carbons (Fsp3) is 0.640. The van der Waals surface area contributed by atoms with Crippen molar-refractivity contribution < 1.29 is 38.7 Å². The number of aromatic nitrogens is 3. The first-order valence-corrected chi connectivity index (χ1v) is 12.5. The summed E-state index contributed by atoms with van der Waals surface area (Å²) in [6, 6.07) is 3.29. The maximum atomic E-state index is 12.3. The lowest BCUT2D eigenvalue weighted by Crippen LogP contribution is -2.44. The largest absolute Gasteiger partial charge is 0.449 e. The molecule has 1 amide bonds. The second-order valence-electron chi connectivity index (χ2n) is 9.99. The van der Waals surface area contributed by atoms with Crippen LogP contribution in [0.5, 0.6) is 0 Å². The number of nitrogens with zero attached hydrogens (tertiary/aromatic N) is 4. The van der Waals surface area contributed by atoms with Crippen LogP contribution in [-0.4, -0.2) is 88.5 Å². The third kappa shape index (κ3) is 6.29. The third-order valence-electron chi connectivity index (χ3n) is 6.08. The van der Waals surface area contributed by atoms with E-state index in [1.807, 2.05) is 0 Å². The van der Waals surface area contributed by atoms with E-state index >= 15 is 0 Å². The van der Waals surface area contributed by atoms with Crippen molar-refractivity contribution in [3.8, 4) is 0 Å². The van der Waals surface area contributed by atoms with Crippen LogP contribution in [0, 0.1) is 5.41 Å². The fourth-order valence-electron chi connectivity index (χ4n) is 4.11. The van der Waals surface area contributed by atoms with Gasteiger partial charge in [-0.1, -0.05) is 19.8 Å². The Balaban J connectivity index is 1.86. The van der Waals surface area contributed by atoms with Gasteiger partial charge in [0.25, 0.3) is 0 Å². The predicted molar refractivity (Wildman–Crippen MR) is 137 cm³/mol. The highest BCUT2D eigenvalue weighted by Crippen LogP contribution is 2.41. The normalized spacial score (nSPS) is 23.7. The maximum Gasteiger partial charge on any atom is 0.412 e. The van der Waals surface area contributed by atoms with Gasteiger partial charge < -0.3 is 29.2 Å². The molecular formula is C25H37N5O8. The molecule has 38 heavy (non-hydrogen) atoms. The SMILES string of the molecule is CCCCCOC(=O)Nc1ncnn2c([C@]3(C=NC)O[C@H](CO)[C@@H](OCOC(=O)C(C)(C)C)[C@H]3O)ccc12. The molecule has 0 saturated carbocycles. The second kappa shape index (κ2) is 12.6. The van der Waals surface area contributed by atoms with E-state index in [1.54, 1.807) is 32.9 Å². The number of unbranched alkanes of at least 4 members (excludes halogenated alkanes) is 2. The Morgan fingerprint density at radius 1 is 1.29 bits per heavy atom. The lowest BCUT2D eigenvalue weighted by Gasteiger charge is -2.28. The Hall–Kier alpha value is -3.13. The van der Waals surface area contributed by atoms with Gasteiger partial charge in [-0.2, -0.15) is 5.10 Å². The molecule has 4 atom stereocenters. The molecule has 1 aliphatic rings. The van der Waals surface area contributed by atoms with Crippen LogP contribution < -0.4 is 5.32 Å². The highest BCUT2D eigenvalue weighted by molar-refractivity contribution is 5.89. The van der Waals surface area contributed by atoms with Gasteiger partial charge >= 0.3 is 12.1 Å². The molecule has 0 spiro atoms. The van der Waals surface area contributed by atoms with Crippen LogP contribution in [0.1, 0.15) is 52.7 Å². The number of anilines is 1. The maximum absolute atomic E-state index is 12.3. The summed E-state index contributed by atoms with van der Waals surface area (Å²) >= 11 is 0. The minimum Gasteiger partial charge on any atom is -0.449 e. The van der Waals surface area contributed by atoms with Crippen molar-refractivity contribution in [2.45, 2.75) is 70.9 Å². The number of ether oxygens (including phenoxy) is 4. The zero-order chi connectivity index (χ0) is 27.9. The van der Waals surface area contributed by atoms with Gasteiger partial charge in [-0.15, -0.1) is 0 Å². The van der Waals surface area contributed by atoms with Gasteiger partial charge in [-0.3, -0.25) is 15.1 Å². The van der Waals surface area contributed by atoms with E-state index in [-0.39, 0.29) is 5.82 Å². The average Bonchev–Trinajstić information content (AvgIpc) is 3.42. The molecule has 0 unspecified atom stereocenters. The summed E-state index contributed by atoms with van der Waals surface area (Å²) < 4.78 is 23.6. The van der Waals surface area contributed by atoms with E-state index in [9.17, 15) is 19.8 Å². The molecule has 3 rings (SSSR count). The number of hydrogen-bond acceptors (Lipinski definition) is 11. The van der Waals surface area contributed by atoms with Crippen molar-refractivity contribution >= 4 is 29.6 Å². The molecule has 13 heteroatoms. The number of aliphatic imine (C=N–C) groups is 1. The van der Waals surface area contributed by atoms with Crippen LogP contribution in [0.2, 0.25) is 0 Å². The van der Waals surface area contributed by atoms with E-state index < -0.39 is 54.8 Å². The number of aliphatic hydroxyl groups is 2. The predicted octanol–water partition coefficient (Wildman–Crippen LogP) is 2.05. The summed E-state index contributed by atoms with van der Waals surface area (Å²) in [6.45, 7) is 6.54. The van der Waals surface area contributed by atoms with Crippen molar-refractivity contribution in [3.05, 3.63) is 24.2 Å². The van der Waals surface area contributed by atoms with Crippen LogP contribution in [0.3, 0.4) is 0 Å². The molecule has 210 valence electrons. The first kappa shape index (κ1) is 29.4. The minimum atomic E-state index is -1.58. The van der Waals surface area contributed by atoms with Crippen LogP contribution >= 0.6 is 0 Å². The van der Waals surface area contributed by atoms with Gasteiger partial charge in [-0.05, 0) is 39.3 Å². The number of fused-ring (bicyclic) bond motifs is 1.